The minimum atomic E-state index is -0.499. The summed E-state index contributed by atoms with van der Waals surface area (Å²) >= 11 is 3.41. The smallest absolute Gasteiger partial charge is 0.261 e. The summed E-state index contributed by atoms with van der Waals surface area (Å²) in [6.45, 7) is 3.65. The van der Waals surface area contributed by atoms with E-state index in [1.807, 2.05) is 24.3 Å². The predicted molar refractivity (Wildman–Crippen MR) is 78.3 cm³/mol. The van der Waals surface area contributed by atoms with Crippen LogP contribution in [0.5, 0.6) is 5.75 Å². The lowest BCUT2D eigenvalue weighted by atomic mass is 10.1. The molecule has 4 nitrogen and oxygen atoms in total. The van der Waals surface area contributed by atoms with Crippen LogP contribution in [-0.4, -0.2) is 31.1 Å². The van der Waals surface area contributed by atoms with E-state index >= 15 is 0 Å². The fraction of sp³-hybridized carbons (Fsp3) is 0.500. The van der Waals surface area contributed by atoms with Crippen LogP contribution in [0.3, 0.4) is 0 Å². The molecule has 1 unspecified atom stereocenters. The number of nitrogens with one attached hydrogen (secondary N) is 2. The summed E-state index contributed by atoms with van der Waals surface area (Å²) in [5, 5.41) is 6.29. The maximum Gasteiger partial charge on any atom is 0.261 e. The molecule has 1 heterocycles. The van der Waals surface area contributed by atoms with Crippen molar-refractivity contribution in [3.63, 3.8) is 0 Å². The molecule has 0 aromatic heterocycles. The van der Waals surface area contributed by atoms with Crippen molar-refractivity contribution in [3.8, 4) is 5.75 Å². The third kappa shape index (κ3) is 4.21. The lowest BCUT2D eigenvalue weighted by Gasteiger charge is -2.25. The van der Waals surface area contributed by atoms with E-state index in [-0.39, 0.29) is 11.9 Å². The fourth-order valence-electron chi connectivity index (χ4n) is 2.08. The van der Waals surface area contributed by atoms with Crippen molar-refractivity contribution in [3.05, 3.63) is 28.7 Å². The number of amides is 1. The highest BCUT2D eigenvalue weighted by Gasteiger charge is 2.20. The number of piperidine rings is 1. The van der Waals surface area contributed by atoms with E-state index < -0.39 is 6.10 Å². The van der Waals surface area contributed by atoms with Crippen molar-refractivity contribution in [2.75, 3.05) is 13.1 Å². The fourth-order valence-corrected chi connectivity index (χ4v) is 2.46. The topological polar surface area (TPSA) is 50.4 Å². The number of ether oxygens (including phenoxy) is 1. The van der Waals surface area contributed by atoms with E-state index in [0.717, 1.165) is 30.4 Å². The highest BCUT2D eigenvalue weighted by Crippen LogP contribution is 2.24. The van der Waals surface area contributed by atoms with Crippen molar-refractivity contribution < 1.29 is 9.53 Å². The number of hydrogen-bond donors (Lipinski definition) is 2. The van der Waals surface area contributed by atoms with Gasteiger partial charge in [0.05, 0.1) is 4.47 Å². The molecule has 0 spiro atoms. The van der Waals surface area contributed by atoms with Gasteiger partial charge in [0.15, 0.2) is 6.10 Å². The maximum atomic E-state index is 12.0. The summed E-state index contributed by atoms with van der Waals surface area (Å²) in [5.41, 5.74) is 0. The van der Waals surface area contributed by atoms with Crippen LogP contribution in [0, 0.1) is 0 Å². The number of benzene rings is 1. The Kier molecular flexibility index (Phi) is 5.22. The van der Waals surface area contributed by atoms with Gasteiger partial charge in [-0.25, -0.2) is 0 Å². The lowest BCUT2D eigenvalue weighted by molar-refractivity contribution is -0.128. The first kappa shape index (κ1) is 14.3. The summed E-state index contributed by atoms with van der Waals surface area (Å²) in [6, 6.07) is 7.75. The minimum absolute atomic E-state index is 0.0653. The molecular formula is C14H19BrN2O2. The average molecular weight is 327 g/mol. The molecule has 5 heteroatoms. The number of carbonyl (C=O) groups is 1. The van der Waals surface area contributed by atoms with Crippen LogP contribution in [0.25, 0.3) is 0 Å². The van der Waals surface area contributed by atoms with Gasteiger partial charge in [-0.1, -0.05) is 12.1 Å². The van der Waals surface area contributed by atoms with Gasteiger partial charge in [0.2, 0.25) is 0 Å². The third-order valence-electron chi connectivity index (χ3n) is 3.15. The van der Waals surface area contributed by atoms with Crippen molar-refractivity contribution in [1.82, 2.24) is 10.6 Å². The Hall–Kier alpha value is -1.07. The van der Waals surface area contributed by atoms with Gasteiger partial charge >= 0.3 is 0 Å². The zero-order valence-corrected chi connectivity index (χ0v) is 12.6. The van der Waals surface area contributed by atoms with Gasteiger partial charge in [-0.15, -0.1) is 0 Å². The molecule has 104 valence electrons. The SMILES string of the molecule is CC(Oc1ccccc1Br)C(=O)N[C@H]1CCCNC1. The van der Waals surface area contributed by atoms with E-state index in [0.29, 0.717) is 5.75 Å². The standard InChI is InChI=1S/C14H19BrN2O2/c1-10(19-13-7-3-2-6-12(13)15)14(18)17-11-5-4-8-16-9-11/h2-3,6-7,10-11,16H,4-5,8-9H2,1H3,(H,17,18)/t10?,11-/m0/s1. The van der Waals surface area contributed by atoms with Crippen molar-refractivity contribution in [2.45, 2.75) is 31.9 Å². The Labute approximate surface area is 122 Å². The normalized spacial score (nSPS) is 20.6. The highest BCUT2D eigenvalue weighted by molar-refractivity contribution is 9.10. The van der Waals surface area contributed by atoms with Gasteiger partial charge in [-0.2, -0.15) is 0 Å². The second kappa shape index (κ2) is 6.91. The number of carbonyl (C=O) groups excluding carboxylic acids is 1. The molecule has 0 saturated carbocycles. The van der Waals surface area contributed by atoms with Crippen molar-refractivity contribution >= 4 is 21.8 Å². The molecular weight excluding hydrogens is 308 g/mol. The molecule has 2 rings (SSSR count). The van der Waals surface area contributed by atoms with E-state index in [4.69, 9.17) is 4.74 Å². The first-order valence-electron chi connectivity index (χ1n) is 6.59. The van der Waals surface area contributed by atoms with Crippen LogP contribution < -0.4 is 15.4 Å². The summed E-state index contributed by atoms with van der Waals surface area (Å²) in [5.74, 6) is 0.622. The van der Waals surface area contributed by atoms with E-state index in [1.165, 1.54) is 0 Å². The predicted octanol–water partition coefficient (Wildman–Crippen LogP) is 2.08. The zero-order chi connectivity index (χ0) is 13.7. The summed E-state index contributed by atoms with van der Waals surface area (Å²) in [6.07, 6.45) is 1.63. The molecule has 1 aliphatic rings. The Morgan fingerprint density at radius 2 is 2.32 bits per heavy atom. The van der Waals surface area contributed by atoms with Gasteiger partial charge in [0, 0.05) is 12.6 Å². The molecule has 1 saturated heterocycles. The average Bonchev–Trinajstić information content (AvgIpc) is 2.42. The quantitative estimate of drug-likeness (QED) is 0.890. The Bertz CT molecular complexity index is 433. The van der Waals surface area contributed by atoms with Crippen LogP contribution in [0.2, 0.25) is 0 Å². The molecule has 0 radical (unpaired) electrons. The van der Waals surface area contributed by atoms with Gasteiger partial charge in [-0.05, 0) is 54.4 Å². The Morgan fingerprint density at radius 3 is 3.00 bits per heavy atom. The Balaban J connectivity index is 1.87. The summed E-state index contributed by atoms with van der Waals surface area (Å²) < 4.78 is 6.52. The first-order chi connectivity index (χ1) is 9.16. The largest absolute Gasteiger partial charge is 0.480 e. The van der Waals surface area contributed by atoms with Gasteiger partial charge in [0.1, 0.15) is 5.75 Å². The lowest BCUT2D eigenvalue weighted by Crippen LogP contribution is -2.49. The molecule has 1 aliphatic heterocycles. The number of para-hydroxylation sites is 1. The van der Waals surface area contributed by atoms with Crippen LogP contribution in [0.1, 0.15) is 19.8 Å². The van der Waals surface area contributed by atoms with Crippen LogP contribution >= 0.6 is 15.9 Å². The number of hydrogen-bond acceptors (Lipinski definition) is 3. The third-order valence-corrected chi connectivity index (χ3v) is 3.81. The second-order valence-electron chi connectivity index (χ2n) is 4.74. The van der Waals surface area contributed by atoms with E-state index in [1.54, 1.807) is 6.92 Å². The molecule has 1 aromatic carbocycles. The van der Waals surface area contributed by atoms with E-state index in [2.05, 4.69) is 26.6 Å². The van der Waals surface area contributed by atoms with Crippen molar-refractivity contribution in [2.24, 2.45) is 0 Å². The highest BCUT2D eigenvalue weighted by atomic mass is 79.9. The maximum absolute atomic E-state index is 12.0. The summed E-state index contributed by atoms with van der Waals surface area (Å²) in [7, 11) is 0. The van der Waals surface area contributed by atoms with Crippen LogP contribution in [0.4, 0.5) is 0 Å². The van der Waals surface area contributed by atoms with Crippen LogP contribution in [0.15, 0.2) is 28.7 Å². The Morgan fingerprint density at radius 1 is 1.53 bits per heavy atom. The van der Waals surface area contributed by atoms with Gasteiger partial charge in [0.25, 0.3) is 5.91 Å². The molecule has 2 atom stereocenters. The van der Waals surface area contributed by atoms with Crippen molar-refractivity contribution in [1.29, 1.82) is 0 Å². The molecule has 0 aliphatic carbocycles. The summed E-state index contributed by atoms with van der Waals surface area (Å²) in [4.78, 5) is 12.0. The van der Waals surface area contributed by atoms with Gasteiger partial charge in [-0.3, -0.25) is 4.79 Å². The number of rotatable bonds is 4. The minimum Gasteiger partial charge on any atom is -0.480 e. The molecule has 0 bridgehead atoms. The molecule has 1 fully saturated rings. The molecule has 1 aromatic rings. The second-order valence-corrected chi connectivity index (χ2v) is 5.60. The molecule has 2 N–H and O–H groups in total. The van der Waals surface area contributed by atoms with E-state index in [9.17, 15) is 4.79 Å². The molecule has 19 heavy (non-hydrogen) atoms. The number of halogens is 1. The van der Waals surface area contributed by atoms with Crippen LogP contribution in [-0.2, 0) is 4.79 Å². The molecule has 1 amide bonds. The monoisotopic (exact) mass is 326 g/mol. The van der Waals surface area contributed by atoms with Gasteiger partial charge < -0.3 is 15.4 Å². The zero-order valence-electron chi connectivity index (χ0n) is 11.0. The first-order valence-corrected chi connectivity index (χ1v) is 7.38.